The summed E-state index contributed by atoms with van der Waals surface area (Å²) in [6.07, 6.45) is 3.61. The molecule has 24 rings (SSSR count). The predicted octanol–water partition coefficient (Wildman–Crippen LogP) is 27.8. The number of hydrogen-bond donors (Lipinski definition) is 0. The van der Waals surface area contributed by atoms with Crippen LogP contribution in [0.5, 0.6) is 0 Å². The summed E-state index contributed by atoms with van der Waals surface area (Å²) in [7, 11) is 0. The lowest BCUT2D eigenvalue weighted by Crippen LogP contribution is -1.93. The second-order valence-electron chi connectivity index (χ2n) is 29.9. The first kappa shape index (κ1) is 64.3. The van der Waals surface area contributed by atoms with E-state index in [4.69, 9.17) is 9.97 Å². The van der Waals surface area contributed by atoms with Crippen molar-refractivity contribution in [3.63, 3.8) is 0 Å². The van der Waals surface area contributed by atoms with Gasteiger partial charge in [0.05, 0.1) is 68.1 Å². The van der Waals surface area contributed by atoms with E-state index < -0.39 is 0 Å². The summed E-state index contributed by atoms with van der Waals surface area (Å²) in [5, 5.41) is 44.1. The highest BCUT2D eigenvalue weighted by Crippen LogP contribution is 2.48. The molecule has 0 unspecified atom stereocenters. The molecule has 0 radical (unpaired) electrons. The van der Waals surface area contributed by atoms with Gasteiger partial charge in [0.25, 0.3) is 0 Å². The number of aromatic nitrogens is 5. The summed E-state index contributed by atoms with van der Waals surface area (Å²) >= 11 is 0. The minimum absolute atomic E-state index is 0.699. The first-order valence-electron chi connectivity index (χ1n) is 38.5. The molecule has 0 spiro atoms. The van der Waals surface area contributed by atoms with Crippen LogP contribution in [0, 0.1) is 22.7 Å². The van der Waals surface area contributed by atoms with E-state index in [1.807, 2.05) is 42.5 Å². The fourth-order valence-corrected chi connectivity index (χ4v) is 18.6. The molecule has 0 saturated heterocycles. The van der Waals surface area contributed by atoms with E-state index in [2.05, 4.69) is 342 Å². The molecule has 0 atom stereocenters. The first-order valence-corrected chi connectivity index (χ1v) is 38.5. The molecule has 19 aromatic carbocycles. The van der Waals surface area contributed by atoms with Crippen LogP contribution in [0.25, 0.3) is 231 Å². The lowest BCUT2D eigenvalue weighted by Gasteiger charge is -2.15. The molecule has 0 saturated carbocycles. The van der Waals surface area contributed by atoms with Gasteiger partial charge in [-0.3, -0.25) is 4.98 Å². The van der Waals surface area contributed by atoms with Crippen LogP contribution in [0.4, 0.5) is 0 Å². The summed E-state index contributed by atoms with van der Waals surface area (Å²) in [5.74, 6) is 0. The maximum absolute atomic E-state index is 10.0. The predicted molar refractivity (Wildman–Crippen MR) is 473 cm³/mol. The van der Waals surface area contributed by atoms with Gasteiger partial charge in [-0.15, -0.1) is 0 Å². The Morgan fingerprint density at radius 2 is 0.509 bits per heavy atom. The van der Waals surface area contributed by atoms with Gasteiger partial charge in [-0.25, -0.2) is 9.97 Å². The standard InChI is InChI=1S/C54H31N3.C53H30N4/c55-32-40-22-26-49-53-45(40)23-24-46-44(25-27-50(54(46)53)57(49)43-10-5-2-6-11-43)34-16-14-33(15-17-34)41-28-36-18-20-38-30-42(31-39-21-19-37(29-41)51(36)52(38)39)48-13-7-12-47(56-48)35-8-3-1-4-9-35;54-31-39-17-21-48-52-44(39)18-19-45-43(20-22-49(53(45)52)57(48)42-5-2-1-3-6-42)33-11-9-32(10-12-33)40-27-35-13-15-37-29-41(30-38-16-14-36(28-40)50(35)51(37)38)47-8-4-7-46(56-47)34-23-25-55-26-24-34/h1-31H;1-30H. The van der Waals surface area contributed by atoms with Crippen LogP contribution in [0.2, 0.25) is 0 Å². The van der Waals surface area contributed by atoms with Crippen molar-refractivity contribution in [2.75, 3.05) is 0 Å². The summed E-state index contributed by atoms with van der Waals surface area (Å²) in [5.41, 5.74) is 25.8. The van der Waals surface area contributed by atoms with E-state index in [9.17, 15) is 10.5 Å². The molecule has 5 aromatic heterocycles. The molecule has 7 nitrogen and oxygen atoms in total. The van der Waals surface area contributed by atoms with Crippen molar-refractivity contribution >= 4 is 130 Å². The molecule has 24 aromatic rings. The average molecular weight is 1440 g/mol. The van der Waals surface area contributed by atoms with Gasteiger partial charge < -0.3 is 9.13 Å². The fraction of sp³-hybridized carbons (Fsp3) is 0. The van der Waals surface area contributed by atoms with Gasteiger partial charge in [-0.2, -0.15) is 10.5 Å². The molecule has 0 fully saturated rings. The van der Waals surface area contributed by atoms with Crippen molar-refractivity contribution in [3.8, 4) is 113 Å². The molecule has 5 heterocycles. The smallest absolute Gasteiger partial charge is 0.0998 e. The van der Waals surface area contributed by atoms with Gasteiger partial charge >= 0.3 is 0 Å². The number of rotatable bonds is 10. The Balaban J connectivity index is 0.000000135. The molecular weight excluding hydrogens is 1380 g/mol. The van der Waals surface area contributed by atoms with Crippen molar-refractivity contribution in [3.05, 3.63) is 381 Å². The van der Waals surface area contributed by atoms with Crippen molar-refractivity contribution in [2.45, 2.75) is 0 Å². The van der Waals surface area contributed by atoms with Crippen molar-refractivity contribution < 1.29 is 0 Å². The van der Waals surface area contributed by atoms with E-state index in [0.717, 1.165) is 111 Å². The molecule has 0 amide bonds. The number of hydrogen-bond acceptors (Lipinski definition) is 5. The maximum atomic E-state index is 10.0. The van der Waals surface area contributed by atoms with Gasteiger partial charge in [-0.1, -0.05) is 212 Å². The highest BCUT2D eigenvalue weighted by molar-refractivity contribution is 6.30. The SMILES string of the molecule is N#Cc1ccc2c3c1ccc1c(-c4ccc(-c5cc6ccc7cc(-c8cccc(-c9ccccc9)n8)cc8ccc(c5)c6c78)cc4)ccc(c13)n2-c1ccccc1.N#Cc1ccc2c3c1ccc1c(-c4ccc(-c5cc6ccc7cc(-c8cccc(-c9ccncc9)n8)cc8ccc(c5)c6c78)cc4)ccc(c13)n2-c1ccccc1. The summed E-state index contributed by atoms with van der Waals surface area (Å²) in [6.45, 7) is 0. The molecule has 114 heavy (non-hydrogen) atoms. The van der Waals surface area contributed by atoms with E-state index in [-0.39, 0.29) is 0 Å². The van der Waals surface area contributed by atoms with Crippen LogP contribution in [0.15, 0.2) is 370 Å². The minimum atomic E-state index is 0.699. The second-order valence-corrected chi connectivity index (χ2v) is 29.9. The zero-order chi connectivity index (χ0) is 75.2. The molecule has 0 aliphatic rings. The van der Waals surface area contributed by atoms with Crippen molar-refractivity contribution in [1.82, 2.24) is 24.1 Å². The third-order valence-corrected chi connectivity index (χ3v) is 23.7. The van der Waals surface area contributed by atoms with E-state index >= 15 is 0 Å². The Kier molecular flexibility index (Phi) is 14.4. The Morgan fingerprint density at radius 3 is 0.868 bits per heavy atom. The number of benzene rings is 19. The maximum Gasteiger partial charge on any atom is 0.0998 e. The van der Waals surface area contributed by atoms with E-state index in [0.29, 0.717) is 11.1 Å². The van der Waals surface area contributed by atoms with Crippen LogP contribution in [-0.2, 0) is 0 Å². The molecular formula is C107H61N7. The Morgan fingerprint density at radius 1 is 0.211 bits per heavy atom. The lowest BCUT2D eigenvalue weighted by atomic mass is 9.89. The molecule has 0 N–H and O–H groups in total. The van der Waals surface area contributed by atoms with Crippen molar-refractivity contribution in [2.24, 2.45) is 0 Å². The van der Waals surface area contributed by atoms with Crippen LogP contribution >= 0.6 is 0 Å². The second kappa shape index (κ2) is 25.5. The number of pyridine rings is 3. The van der Waals surface area contributed by atoms with Gasteiger partial charge in [0, 0.05) is 78.3 Å². The van der Waals surface area contributed by atoms with Gasteiger partial charge in [0.1, 0.15) is 0 Å². The highest BCUT2D eigenvalue weighted by Gasteiger charge is 2.25. The molecule has 0 bridgehead atoms. The number of nitriles is 2. The Bertz CT molecular complexity index is 7460. The quantitative estimate of drug-likeness (QED) is 0.127. The number of nitrogens with zero attached hydrogens (tertiary/aromatic N) is 7. The topological polar surface area (TPSA) is 96.1 Å². The van der Waals surface area contributed by atoms with E-state index in [1.165, 1.54) is 120 Å². The molecule has 0 aliphatic heterocycles. The third-order valence-electron chi connectivity index (χ3n) is 23.7. The van der Waals surface area contributed by atoms with Gasteiger partial charge in [0.15, 0.2) is 0 Å². The van der Waals surface area contributed by atoms with Crippen molar-refractivity contribution in [1.29, 1.82) is 10.5 Å². The van der Waals surface area contributed by atoms with Crippen LogP contribution in [0.3, 0.4) is 0 Å². The van der Waals surface area contributed by atoms with Gasteiger partial charge in [0.2, 0.25) is 0 Å². The van der Waals surface area contributed by atoms with Crippen LogP contribution < -0.4 is 0 Å². The molecule has 524 valence electrons. The minimum Gasteiger partial charge on any atom is -0.309 e. The lowest BCUT2D eigenvalue weighted by molar-refractivity contribution is 1.18. The zero-order valence-corrected chi connectivity index (χ0v) is 61.3. The Hall–Kier alpha value is -15.7. The number of para-hydroxylation sites is 2. The first-order chi connectivity index (χ1) is 56.4. The normalized spacial score (nSPS) is 11.8. The van der Waals surface area contributed by atoms with Gasteiger partial charge in [-0.05, 0) is 266 Å². The third kappa shape index (κ3) is 10.1. The van der Waals surface area contributed by atoms with Crippen LogP contribution in [0.1, 0.15) is 11.1 Å². The molecule has 7 heteroatoms. The monoisotopic (exact) mass is 1440 g/mol. The van der Waals surface area contributed by atoms with E-state index in [1.54, 1.807) is 12.4 Å². The highest BCUT2D eigenvalue weighted by atomic mass is 15.0. The summed E-state index contributed by atoms with van der Waals surface area (Å²) in [6, 6.07) is 133. The summed E-state index contributed by atoms with van der Waals surface area (Å²) in [4.78, 5) is 14.3. The van der Waals surface area contributed by atoms with Crippen LogP contribution in [-0.4, -0.2) is 24.1 Å². The average Bonchev–Trinajstić information content (AvgIpc) is 1.50. The zero-order valence-electron chi connectivity index (χ0n) is 61.3. The Labute approximate surface area is 654 Å². The fourth-order valence-electron chi connectivity index (χ4n) is 18.6. The largest absolute Gasteiger partial charge is 0.309 e. The molecule has 0 aliphatic carbocycles. The summed E-state index contributed by atoms with van der Waals surface area (Å²) < 4.78 is 4.65.